The Labute approximate surface area is 98.0 Å². The first-order chi connectivity index (χ1) is 7.79. The zero-order valence-electron chi connectivity index (χ0n) is 8.35. The lowest BCUT2D eigenvalue weighted by Crippen LogP contribution is -2.08. The van der Waals surface area contributed by atoms with Crippen LogP contribution in [-0.2, 0) is 0 Å². The van der Waals surface area contributed by atoms with Crippen molar-refractivity contribution in [2.24, 2.45) is 5.84 Å². The molecule has 1 aromatic carbocycles. The lowest BCUT2D eigenvalue weighted by molar-refractivity contribution is 0.464. The summed E-state index contributed by atoms with van der Waals surface area (Å²) in [5.41, 5.74) is 2.44. The number of nitrogens with two attached hydrogens (primary N) is 1. The third-order valence-electron chi connectivity index (χ3n) is 1.92. The maximum atomic E-state index is 5.95. The van der Waals surface area contributed by atoms with E-state index in [1.807, 2.05) is 12.1 Å². The van der Waals surface area contributed by atoms with Gasteiger partial charge in [0.2, 0.25) is 5.88 Å². The van der Waals surface area contributed by atoms with Crippen LogP contribution in [0.1, 0.15) is 0 Å². The van der Waals surface area contributed by atoms with E-state index >= 15 is 0 Å². The second kappa shape index (κ2) is 4.83. The van der Waals surface area contributed by atoms with Crippen molar-refractivity contribution < 1.29 is 4.74 Å². The second-order valence-electron chi connectivity index (χ2n) is 3.04. The first kappa shape index (κ1) is 10.7. The molecule has 3 N–H and O–H groups in total. The van der Waals surface area contributed by atoms with Crippen molar-refractivity contribution in [2.45, 2.75) is 0 Å². The molecule has 0 saturated carbocycles. The fourth-order valence-electron chi connectivity index (χ4n) is 1.19. The molecule has 0 unspecified atom stereocenters. The lowest BCUT2D eigenvalue weighted by atomic mass is 10.3. The maximum absolute atomic E-state index is 5.95. The van der Waals surface area contributed by atoms with E-state index in [1.165, 1.54) is 0 Å². The number of hydrogen-bond donors (Lipinski definition) is 2. The number of aromatic nitrogens is 1. The Balaban J connectivity index is 2.24. The average molecular weight is 236 g/mol. The number of nitrogen functional groups attached to an aromatic ring is 1. The zero-order valence-corrected chi connectivity index (χ0v) is 9.11. The summed E-state index contributed by atoms with van der Waals surface area (Å²) >= 11 is 5.95. The minimum absolute atomic E-state index is 0.434. The van der Waals surface area contributed by atoms with Crippen LogP contribution in [-0.4, -0.2) is 4.98 Å². The van der Waals surface area contributed by atoms with Crippen LogP contribution in [0.25, 0.3) is 0 Å². The number of nitrogens with one attached hydrogen (secondary N) is 1. The van der Waals surface area contributed by atoms with E-state index in [0.717, 1.165) is 0 Å². The largest absolute Gasteiger partial charge is 0.437 e. The Bertz CT molecular complexity index is 490. The summed E-state index contributed by atoms with van der Waals surface area (Å²) in [6.07, 6.45) is 0. The monoisotopic (exact) mass is 235 g/mol. The van der Waals surface area contributed by atoms with Crippen molar-refractivity contribution in [3.05, 3.63) is 47.5 Å². The molecule has 0 aliphatic heterocycles. The van der Waals surface area contributed by atoms with Crippen LogP contribution in [0.4, 0.5) is 5.82 Å². The number of pyridine rings is 1. The van der Waals surface area contributed by atoms with Crippen LogP contribution in [0, 0.1) is 0 Å². The first-order valence-corrected chi connectivity index (χ1v) is 5.03. The summed E-state index contributed by atoms with van der Waals surface area (Å²) < 4.78 is 5.51. The number of para-hydroxylation sites is 1. The summed E-state index contributed by atoms with van der Waals surface area (Å²) in [5, 5.41) is 0.537. The minimum Gasteiger partial charge on any atom is -0.437 e. The molecule has 0 fully saturated rings. The van der Waals surface area contributed by atoms with Crippen LogP contribution in [0.5, 0.6) is 11.6 Å². The Hall–Kier alpha value is -1.78. The van der Waals surface area contributed by atoms with Gasteiger partial charge in [-0.05, 0) is 18.2 Å². The van der Waals surface area contributed by atoms with Gasteiger partial charge in [-0.25, -0.2) is 5.84 Å². The Kier molecular flexibility index (Phi) is 3.24. The van der Waals surface area contributed by atoms with E-state index in [0.29, 0.717) is 22.5 Å². The van der Waals surface area contributed by atoms with Gasteiger partial charge in [0.05, 0.1) is 5.02 Å². The van der Waals surface area contributed by atoms with Gasteiger partial charge < -0.3 is 10.2 Å². The van der Waals surface area contributed by atoms with Gasteiger partial charge in [-0.1, -0.05) is 29.8 Å². The van der Waals surface area contributed by atoms with Crippen LogP contribution in [0.15, 0.2) is 42.5 Å². The standard InChI is InChI=1S/C11H10ClN3O/c12-8-4-1-2-5-9(8)16-11-7-3-6-10(14-11)15-13/h1-7H,13H2,(H,14,15). The van der Waals surface area contributed by atoms with Crippen LogP contribution < -0.4 is 16.0 Å². The highest BCUT2D eigenvalue weighted by Gasteiger charge is 2.03. The fraction of sp³-hybridized carbons (Fsp3) is 0. The number of rotatable bonds is 3. The van der Waals surface area contributed by atoms with Crippen molar-refractivity contribution in [1.82, 2.24) is 4.98 Å². The highest BCUT2D eigenvalue weighted by molar-refractivity contribution is 6.32. The van der Waals surface area contributed by atoms with Gasteiger partial charge in [-0.15, -0.1) is 0 Å². The van der Waals surface area contributed by atoms with E-state index in [2.05, 4.69) is 10.4 Å². The van der Waals surface area contributed by atoms with Crippen molar-refractivity contribution in [3.63, 3.8) is 0 Å². The highest BCUT2D eigenvalue weighted by Crippen LogP contribution is 2.27. The van der Waals surface area contributed by atoms with Gasteiger partial charge in [-0.2, -0.15) is 4.98 Å². The molecule has 82 valence electrons. The van der Waals surface area contributed by atoms with Crippen molar-refractivity contribution in [3.8, 4) is 11.6 Å². The molecular weight excluding hydrogens is 226 g/mol. The lowest BCUT2D eigenvalue weighted by Gasteiger charge is -2.07. The van der Waals surface area contributed by atoms with Crippen molar-refractivity contribution in [1.29, 1.82) is 0 Å². The summed E-state index contributed by atoms with van der Waals surface area (Å²) in [6.45, 7) is 0. The van der Waals surface area contributed by atoms with E-state index in [-0.39, 0.29) is 0 Å². The SMILES string of the molecule is NNc1cccc(Oc2ccccc2Cl)n1. The summed E-state index contributed by atoms with van der Waals surface area (Å²) in [4.78, 5) is 4.11. The molecule has 0 aliphatic rings. The summed E-state index contributed by atoms with van der Waals surface area (Å²) in [6, 6.07) is 12.4. The number of hydrazine groups is 1. The van der Waals surface area contributed by atoms with Crippen LogP contribution in [0.2, 0.25) is 5.02 Å². The van der Waals surface area contributed by atoms with Gasteiger partial charge >= 0.3 is 0 Å². The van der Waals surface area contributed by atoms with E-state index in [1.54, 1.807) is 30.3 Å². The molecular formula is C11H10ClN3O. The molecule has 5 heteroatoms. The number of ether oxygens (including phenoxy) is 1. The molecule has 0 atom stereocenters. The number of benzene rings is 1. The van der Waals surface area contributed by atoms with E-state index < -0.39 is 0 Å². The molecule has 2 aromatic rings. The third kappa shape index (κ3) is 2.42. The van der Waals surface area contributed by atoms with Gasteiger partial charge in [0, 0.05) is 6.07 Å². The topological polar surface area (TPSA) is 60.2 Å². The third-order valence-corrected chi connectivity index (χ3v) is 2.23. The van der Waals surface area contributed by atoms with Crippen LogP contribution >= 0.6 is 11.6 Å². The summed E-state index contributed by atoms with van der Waals surface area (Å²) in [7, 11) is 0. The smallest absolute Gasteiger partial charge is 0.221 e. The van der Waals surface area contributed by atoms with Gasteiger partial charge in [0.15, 0.2) is 0 Å². The maximum Gasteiger partial charge on any atom is 0.221 e. The normalized spacial score (nSPS) is 9.88. The molecule has 16 heavy (non-hydrogen) atoms. The molecule has 0 amide bonds. The molecule has 2 rings (SSSR count). The number of halogens is 1. The average Bonchev–Trinajstić information content (AvgIpc) is 2.32. The molecule has 1 aromatic heterocycles. The number of nitrogens with zero attached hydrogens (tertiary/aromatic N) is 1. The highest BCUT2D eigenvalue weighted by atomic mass is 35.5. The van der Waals surface area contributed by atoms with Crippen molar-refractivity contribution in [2.75, 3.05) is 5.43 Å². The van der Waals surface area contributed by atoms with Gasteiger partial charge in [-0.3, -0.25) is 0 Å². The zero-order chi connectivity index (χ0) is 11.4. The minimum atomic E-state index is 0.434. The molecule has 4 nitrogen and oxygen atoms in total. The number of hydrogen-bond acceptors (Lipinski definition) is 4. The number of anilines is 1. The fourth-order valence-corrected chi connectivity index (χ4v) is 1.37. The Morgan fingerprint density at radius 2 is 1.94 bits per heavy atom. The van der Waals surface area contributed by atoms with Crippen LogP contribution in [0.3, 0.4) is 0 Å². The molecule has 0 spiro atoms. The molecule has 1 heterocycles. The Morgan fingerprint density at radius 3 is 2.69 bits per heavy atom. The predicted octanol–water partition coefficient (Wildman–Crippen LogP) is 2.81. The molecule has 0 radical (unpaired) electrons. The van der Waals surface area contributed by atoms with E-state index in [4.69, 9.17) is 22.2 Å². The first-order valence-electron chi connectivity index (χ1n) is 4.65. The predicted molar refractivity (Wildman–Crippen MR) is 63.6 cm³/mol. The Morgan fingerprint density at radius 1 is 1.12 bits per heavy atom. The van der Waals surface area contributed by atoms with Crippen molar-refractivity contribution >= 4 is 17.4 Å². The quantitative estimate of drug-likeness (QED) is 0.634. The molecule has 0 saturated heterocycles. The second-order valence-corrected chi connectivity index (χ2v) is 3.45. The molecule has 0 aliphatic carbocycles. The molecule has 0 bridgehead atoms. The van der Waals surface area contributed by atoms with Gasteiger partial charge in [0.1, 0.15) is 11.6 Å². The van der Waals surface area contributed by atoms with E-state index in [9.17, 15) is 0 Å². The van der Waals surface area contributed by atoms with Gasteiger partial charge in [0.25, 0.3) is 0 Å². The summed E-state index contributed by atoms with van der Waals surface area (Å²) in [5.74, 6) is 6.77.